The van der Waals surface area contributed by atoms with Gasteiger partial charge in [-0.2, -0.15) is 0 Å². The number of likely N-dealkylation sites (tertiary alicyclic amines) is 1. The molecule has 1 aromatic carbocycles. The van der Waals surface area contributed by atoms with E-state index in [1.54, 1.807) is 11.3 Å². The predicted molar refractivity (Wildman–Crippen MR) is 183 cm³/mol. The summed E-state index contributed by atoms with van der Waals surface area (Å²) in [5.74, 6) is 1.81. The van der Waals surface area contributed by atoms with E-state index in [1.165, 1.54) is 29.0 Å². The van der Waals surface area contributed by atoms with Gasteiger partial charge in [0.1, 0.15) is 5.84 Å². The molecule has 4 unspecified atom stereocenters. The van der Waals surface area contributed by atoms with E-state index in [9.17, 15) is 9.59 Å². The number of rotatable bonds is 7. The zero-order valence-electron chi connectivity index (χ0n) is 26.9. The summed E-state index contributed by atoms with van der Waals surface area (Å²) in [5, 5.41) is 6.84. The van der Waals surface area contributed by atoms with Crippen molar-refractivity contribution in [2.45, 2.75) is 84.1 Å². The number of aliphatic imine (C=N–C) groups is 1. The minimum absolute atomic E-state index is 0.00400. The summed E-state index contributed by atoms with van der Waals surface area (Å²) in [6, 6.07) is 10.1. The number of fused-ring (bicyclic) bond motifs is 1. The van der Waals surface area contributed by atoms with E-state index in [1.807, 2.05) is 30.5 Å². The van der Waals surface area contributed by atoms with Crippen molar-refractivity contribution in [3.63, 3.8) is 0 Å². The number of ether oxygens (including phenoxy) is 1. The fraction of sp³-hybridized carbons (Fsp3) is 0.541. The number of carbonyl (C=O) groups excluding carboxylic acids is 2. The molecule has 1 aromatic heterocycles. The van der Waals surface area contributed by atoms with Crippen molar-refractivity contribution < 1.29 is 14.3 Å². The molecule has 2 saturated heterocycles. The number of piperidine rings is 1. The summed E-state index contributed by atoms with van der Waals surface area (Å²) in [7, 11) is 0. The Balaban J connectivity index is 1.03. The van der Waals surface area contributed by atoms with Gasteiger partial charge in [0.25, 0.3) is 5.91 Å². The first kappa shape index (κ1) is 31.7. The van der Waals surface area contributed by atoms with Crippen molar-refractivity contribution in [2.24, 2.45) is 22.7 Å². The van der Waals surface area contributed by atoms with Crippen molar-refractivity contribution in [1.29, 1.82) is 0 Å². The van der Waals surface area contributed by atoms with Crippen molar-refractivity contribution in [3.8, 4) is 0 Å². The van der Waals surface area contributed by atoms with Crippen molar-refractivity contribution in [3.05, 3.63) is 75.3 Å². The highest BCUT2D eigenvalue weighted by atomic mass is 32.1. The summed E-state index contributed by atoms with van der Waals surface area (Å²) in [6.07, 6.45) is 16.9. The van der Waals surface area contributed by atoms with Crippen molar-refractivity contribution in [1.82, 2.24) is 10.2 Å². The Morgan fingerprint density at radius 1 is 1.04 bits per heavy atom. The Kier molecular flexibility index (Phi) is 10.5. The highest BCUT2D eigenvalue weighted by Gasteiger charge is 2.27. The second kappa shape index (κ2) is 14.9. The molecule has 2 fully saturated rings. The van der Waals surface area contributed by atoms with Gasteiger partial charge in [-0.05, 0) is 112 Å². The third kappa shape index (κ3) is 7.95. The summed E-state index contributed by atoms with van der Waals surface area (Å²) in [5.41, 5.74) is 4.26. The lowest BCUT2D eigenvalue weighted by Gasteiger charge is -2.35. The number of anilines is 1. The van der Waals surface area contributed by atoms with Crippen molar-refractivity contribution >= 4 is 34.6 Å². The highest BCUT2D eigenvalue weighted by molar-refractivity contribution is 7.14. The van der Waals surface area contributed by atoms with Crippen LogP contribution in [-0.4, -0.2) is 54.8 Å². The van der Waals surface area contributed by atoms with Crippen LogP contribution in [0.5, 0.6) is 0 Å². The fourth-order valence-electron chi connectivity index (χ4n) is 7.15. The number of hydrogen-bond acceptors (Lipinski definition) is 7. The minimum atomic E-state index is 0.00400. The Labute approximate surface area is 272 Å². The molecule has 7 nitrogen and oxygen atoms in total. The lowest BCUT2D eigenvalue weighted by atomic mass is 9.83. The van der Waals surface area contributed by atoms with E-state index in [-0.39, 0.29) is 29.6 Å². The third-order valence-electron chi connectivity index (χ3n) is 10.0. The fourth-order valence-corrected chi connectivity index (χ4v) is 8.31. The molecule has 3 aliphatic heterocycles. The smallest absolute Gasteiger partial charge is 0.261 e. The SMILES string of the molecule is CC1CC=C(N2CCCC(NC(=O)c3cc4c(s3)CCCC4)C2)C=CN=C1Nc1ccc(C(=O)C(C)C2CCCOCC2)cc1. The summed E-state index contributed by atoms with van der Waals surface area (Å²) < 4.78 is 5.60. The number of benzene rings is 1. The van der Waals surface area contributed by atoms with Gasteiger partial charge in [-0.3, -0.25) is 9.59 Å². The van der Waals surface area contributed by atoms with Crippen LogP contribution in [0.15, 0.2) is 59.4 Å². The molecule has 4 aliphatic rings. The van der Waals surface area contributed by atoms with Crippen LogP contribution in [-0.2, 0) is 17.6 Å². The van der Waals surface area contributed by atoms with Crippen LogP contribution in [0, 0.1) is 17.8 Å². The second-order valence-electron chi connectivity index (χ2n) is 13.3. The van der Waals surface area contributed by atoms with E-state index in [0.717, 1.165) is 99.6 Å². The molecule has 8 heteroatoms. The van der Waals surface area contributed by atoms with Crippen LogP contribution >= 0.6 is 11.3 Å². The molecule has 2 N–H and O–H groups in total. The molecule has 0 spiro atoms. The van der Waals surface area contributed by atoms with Gasteiger partial charge in [-0.1, -0.05) is 19.9 Å². The molecular weight excluding hydrogens is 580 g/mol. The summed E-state index contributed by atoms with van der Waals surface area (Å²) in [4.78, 5) is 35.8. The first-order chi connectivity index (χ1) is 21.9. The lowest BCUT2D eigenvalue weighted by Crippen LogP contribution is -2.47. The predicted octanol–water partition coefficient (Wildman–Crippen LogP) is 7.40. The van der Waals surface area contributed by atoms with E-state index >= 15 is 0 Å². The van der Waals surface area contributed by atoms with Crippen LogP contribution in [0.4, 0.5) is 5.69 Å². The summed E-state index contributed by atoms with van der Waals surface area (Å²) >= 11 is 1.69. The number of nitrogens with zero attached hydrogens (tertiary/aromatic N) is 2. The lowest BCUT2D eigenvalue weighted by molar-refractivity contribution is 0.0867. The van der Waals surface area contributed by atoms with E-state index < -0.39 is 0 Å². The number of allylic oxidation sites excluding steroid dienone is 2. The molecular formula is C37H48N4O3S. The largest absolute Gasteiger partial charge is 0.381 e. The molecule has 4 atom stereocenters. The molecule has 4 heterocycles. The van der Waals surface area contributed by atoms with E-state index in [0.29, 0.717) is 5.92 Å². The van der Waals surface area contributed by atoms with Gasteiger partial charge in [0.15, 0.2) is 5.78 Å². The van der Waals surface area contributed by atoms with E-state index in [4.69, 9.17) is 9.73 Å². The van der Waals surface area contributed by atoms with Crippen LogP contribution in [0.3, 0.4) is 0 Å². The molecule has 0 saturated carbocycles. The Morgan fingerprint density at radius 3 is 2.73 bits per heavy atom. The number of Topliss-reactive ketones (excluding diaryl/α,β-unsaturated/α-hetero) is 1. The number of carbonyl (C=O) groups is 2. The van der Waals surface area contributed by atoms with Crippen LogP contribution in [0.1, 0.15) is 95.7 Å². The molecule has 0 bridgehead atoms. The molecule has 6 rings (SSSR count). The van der Waals surface area contributed by atoms with Gasteiger partial charge in [0, 0.05) is 72.2 Å². The molecule has 0 radical (unpaired) electrons. The molecule has 1 amide bonds. The van der Waals surface area contributed by atoms with E-state index in [2.05, 4.69) is 47.6 Å². The number of nitrogens with one attached hydrogen (secondary N) is 2. The quantitative estimate of drug-likeness (QED) is 0.312. The Hall–Kier alpha value is -3.23. The number of hydrogen-bond donors (Lipinski definition) is 2. The highest BCUT2D eigenvalue weighted by Crippen LogP contribution is 2.31. The van der Waals surface area contributed by atoms with Gasteiger partial charge in [0.05, 0.1) is 4.88 Å². The number of thiophene rings is 1. The number of aryl methyl sites for hydroxylation is 2. The average molecular weight is 629 g/mol. The maximum atomic E-state index is 13.2. The minimum Gasteiger partial charge on any atom is -0.381 e. The van der Waals surface area contributed by atoms with Crippen molar-refractivity contribution in [2.75, 3.05) is 31.6 Å². The van der Waals surface area contributed by atoms with Gasteiger partial charge < -0.3 is 20.3 Å². The molecule has 240 valence electrons. The first-order valence-electron chi connectivity index (χ1n) is 17.1. The van der Waals surface area contributed by atoms with Gasteiger partial charge in [0.2, 0.25) is 0 Å². The zero-order valence-corrected chi connectivity index (χ0v) is 27.7. The molecule has 2 aromatic rings. The molecule has 1 aliphatic carbocycles. The zero-order chi connectivity index (χ0) is 31.2. The Morgan fingerprint density at radius 2 is 1.89 bits per heavy atom. The second-order valence-corrected chi connectivity index (χ2v) is 14.4. The number of ketones is 1. The monoisotopic (exact) mass is 628 g/mol. The number of amides is 1. The normalized spacial score (nSPS) is 24.7. The van der Waals surface area contributed by atoms with Gasteiger partial charge in [-0.15, -0.1) is 11.3 Å². The van der Waals surface area contributed by atoms with Crippen LogP contribution < -0.4 is 10.6 Å². The topological polar surface area (TPSA) is 83.0 Å². The van der Waals surface area contributed by atoms with Gasteiger partial charge >= 0.3 is 0 Å². The number of amidine groups is 1. The van der Waals surface area contributed by atoms with Crippen LogP contribution in [0.2, 0.25) is 0 Å². The summed E-state index contributed by atoms with van der Waals surface area (Å²) in [6.45, 7) is 7.62. The van der Waals surface area contributed by atoms with Crippen LogP contribution in [0.25, 0.3) is 0 Å². The first-order valence-corrected chi connectivity index (χ1v) is 17.9. The maximum absolute atomic E-state index is 13.2. The third-order valence-corrected chi connectivity index (χ3v) is 11.2. The molecule has 45 heavy (non-hydrogen) atoms. The Bertz CT molecular complexity index is 1410. The maximum Gasteiger partial charge on any atom is 0.261 e. The van der Waals surface area contributed by atoms with Gasteiger partial charge in [-0.25, -0.2) is 4.99 Å². The average Bonchev–Trinajstić information content (AvgIpc) is 3.31. The standard InChI is InChI=1S/C37H48N4O3S/c1-25-11-16-32(41-20-5-9-31(24-41)40-37(43)34-23-29-7-3-4-10-33(29)45-34)17-19-38-36(25)39-30-14-12-28(13-15-30)35(42)26(2)27-8-6-21-44-22-18-27/h12-17,19,23,25-27,31H,3-11,18,20-22,24H2,1-2H3,(H,38,39)(H,40,43).